The molecule has 0 aromatic heterocycles. The van der Waals surface area contributed by atoms with Gasteiger partial charge in [-0.15, -0.1) is 0 Å². The summed E-state index contributed by atoms with van der Waals surface area (Å²) in [6.07, 6.45) is 0.871. The summed E-state index contributed by atoms with van der Waals surface area (Å²) in [6.45, 7) is 4.25. The van der Waals surface area contributed by atoms with Gasteiger partial charge in [0.15, 0.2) is 0 Å². The topological polar surface area (TPSA) is 125 Å². The van der Waals surface area contributed by atoms with Gasteiger partial charge in [-0.1, -0.05) is 74.5 Å². The Kier molecular flexibility index (Phi) is 10.3. The van der Waals surface area contributed by atoms with Crippen molar-refractivity contribution < 1.29 is 28.7 Å². The van der Waals surface area contributed by atoms with E-state index in [4.69, 9.17) is 4.52 Å². The van der Waals surface area contributed by atoms with Crippen molar-refractivity contribution in [2.24, 2.45) is 5.92 Å². The second-order valence-corrected chi connectivity index (χ2v) is 11.4. The van der Waals surface area contributed by atoms with E-state index in [1.807, 2.05) is 56.3 Å². The van der Waals surface area contributed by atoms with Gasteiger partial charge in [0, 0.05) is 6.42 Å². The summed E-state index contributed by atoms with van der Waals surface area (Å²) >= 11 is 0. The molecule has 3 aromatic carbocycles. The summed E-state index contributed by atoms with van der Waals surface area (Å²) in [5, 5.41) is 17.6. The zero-order chi connectivity index (χ0) is 26.8. The number of carboxylic acids is 1. The smallest absolute Gasteiger partial charge is 0.376 e. The van der Waals surface area contributed by atoms with Crippen molar-refractivity contribution in [1.82, 2.24) is 10.6 Å². The molecule has 198 valence electrons. The van der Waals surface area contributed by atoms with Crippen LogP contribution in [-0.4, -0.2) is 46.7 Å². The lowest BCUT2D eigenvalue weighted by Gasteiger charge is -2.23. The van der Waals surface area contributed by atoms with Crippen molar-refractivity contribution in [2.75, 3.05) is 12.7 Å². The lowest BCUT2D eigenvalue weighted by Crippen LogP contribution is -2.51. The number of para-hydroxylation sites is 1. The molecule has 37 heavy (non-hydrogen) atoms. The van der Waals surface area contributed by atoms with Crippen LogP contribution in [0.15, 0.2) is 72.8 Å². The van der Waals surface area contributed by atoms with Gasteiger partial charge >= 0.3 is 13.6 Å². The first-order valence-electron chi connectivity index (χ1n) is 12.4. The molecule has 0 saturated heterocycles. The van der Waals surface area contributed by atoms with Crippen LogP contribution in [0.3, 0.4) is 0 Å². The standard InChI is InChI=1S/C28H35N2O6P/c1-20(2)18-25(29-16-9-17-37(34,35)36-23-13-4-3-5-14-23)27(31)30-26(28(32)33)19-22-12-8-11-21-10-6-7-15-24(21)22/h3-8,10-15,20,25-26,29H,9,16-19H2,1-2H3,(H,30,31)(H,32,33)(H,34,35)/t25-,26-/m0/s1. The molecule has 0 fully saturated rings. The highest BCUT2D eigenvalue weighted by molar-refractivity contribution is 7.53. The largest absolute Gasteiger partial charge is 0.480 e. The average Bonchev–Trinajstić information content (AvgIpc) is 2.85. The minimum atomic E-state index is -3.84. The highest BCUT2D eigenvalue weighted by atomic mass is 31.2. The predicted molar refractivity (Wildman–Crippen MR) is 145 cm³/mol. The van der Waals surface area contributed by atoms with Crippen molar-refractivity contribution in [1.29, 1.82) is 0 Å². The van der Waals surface area contributed by atoms with Crippen LogP contribution in [-0.2, 0) is 20.6 Å². The number of nitrogens with one attached hydrogen (secondary N) is 2. The first-order chi connectivity index (χ1) is 17.6. The Labute approximate surface area is 217 Å². The zero-order valence-electron chi connectivity index (χ0n) is 21.2. The van der Waals surface area contributed by atoms with E-state index in [9.17, 15) is 24.2 Å². The maximum absolute atomic E-state index is 13.1. The Morgan fingerprint density at radius 2 is 1.62 bits per heavy atom. The fourth-order valence-electron chi connectivity index (χ4n) is 4.16. The van der Waals surface area contributed by atoms with Gasteiger partial charge < -0.3 is 25.2 Å². The molecule has 4 N–H and O–H groups in total. The third-order valence-electron chi connectivity index (χ3n) is 5.94. The summed E-state index contributed by atoms with van der Waals surface area (Å²) in [7, 11) is -3.84. The van der Waals surface area contributed by atoms with E-state index in [0.29, 0.717) is 25.1 Å². The van der Waals surface area contributed by atoms with E-state index in [-0.39, 0.29) is 18.5 Å². The summed E-state index contributed by atoms with van der Waals surface area (Å²) in [4.78, 5) is 35.3. The predicted octanol–water partition coefficient (Wildman–Crippen LogP) is 4.61. The number of benzene rings is 3. The van der Waals surface area contributed by atoms with Crippen LogP contribution >= 0.6 is 7.60 Å². The molecule has 0 radical (unpaired) electrons. The molecule has 0 saturated carbocycles. The van der Waals surface area contributed by atoms with Gasteiger partial charge in [-0.25, -0.2) is 9.36 Å². The number of carbonyl (C=O) groups is 2. The van der Waals surface area contributed by atoms with E-state index < -0.39 is 31.6 Å². The number of aliphatic carboxylic acids is 1. The highest BCUT2D eigenvalue weighted by Gasteiger charge is 2.27. The van der Waals surface area contributed by atoms with Gasteiger partial charge in [-0.3, -0.25) is 4.79 Å². The van der Waals surface area contributed by atoms with Crippen molar-refractivity contribution >= 4 is 30.2 Å². The molecule has 1 unspecified atom stereocenters. The van der Waals surface area contributed by atoms with Gasteiger partial charge in [0.25, 0.3) is 0 Å². The second-order valence-electron chi connectivity index (χ2n) is 9.50. The monoisotopic (exact) mass is 526 g/mol. The fourth-order valence-corrected chi connectivity index (χ4v) is 5.26. The lowest BCUT2D eigenvalue weighted by atomic mass is 9.98. The van der Waals surface area contributed by atoms with Crippen LogP contribution in [0.5, 0.6) is 5.75 Å². The Morgan fingerprint density at radius 3 is 2.32 bits per heavy atom. The van der Waals surface area contributed by atoms with E-state index in [1.165, 1.54) is 0 Å². The average molecular weight is 527 g/mol. The molecular formula is C28H35N2O6P. The summed E-state index contributed by atoms with van der Waals surface area (Å²) in [5.74, 6) is -1.02. The van der Waals surface area contributed by atoms with Crippen LogP contribution in [0, 0.1) is 5.92 Å². The van der Waals surface area contributed by atoms with E-state index in [1.54, 1.807) is 30.3 Å². The molecule has 8 nitrogen and oxygen atoms in total. The highest BCUT2D eigenvalue weighted by Crippen LogP contribution is 2.42. The molecule has 0 aliphatic heterocycles. The summed E-state index contributed by atoms with van der Waals surface area (Å²) < 4.78 is 17.6. The van der Waals surface area contributed by atoms with Crippen molar-refractivity contribution in [3.05, 3.63) is 78.4 Å². The molecule has 1 amide bonds. The molecule has 3 atom stereocenters. The maximum Gasteiger partial charge on any atom is 0.376 e. The Balaban J connectivity index is 1.59. The Bertz CT molecular complexity index is 1230. The number of fused-ring (bicyclic) bond motifs is 1. The van der Waals surface area contributed by atoms with Crippen LogP contribution in [0.1, 0.15) is 32.3 Å². The molecule has 0 heterocycles. The van der Waals surface area contributed by atoms with Gasteiger partial charge in [0.1, 0.15) is 11.8 Å². The molecule has 0 aliphatic rings. The minimum absolute atomic E-state index is 0.0796. The summed E-state index contributed by atoms with van der Waals surface area (Å²) in [5.41, 5.74) is 0.844. The number of carbonyl (C=O) groups excluding carboxylic acids is 1. The van der Waals surface area contributed by atoms with Crippen LogP contribution in [0.25, 0.3) is 10.8 Å². The molecule has 0 aliphatic carbocycles. The van der Waals surface area contributed by atoms with Crippen molar-refractivity contribution in [3.8, 4) is 5.75 Å². The number of hydrogen-bond donors (Lipinski definition) is 4. The molecule has 9 heteroatoms. The molecular weight excluding hydrogens is 491 g/mol. The van der Waals surface area contributed by atoms with Gasteiger partial charge in [-0.05, 0) is 53.8 Å². The normalized spacial score (nSPS) is 14.6. The first kappa shape index (κ1) is 28.4. The van der Waals surface area contributed by atoms with Gasteiger partial charge in [-0.2, -0.15) is 0 Å². The van der Waals surface area contributed by atoms with Crippen LogP contribution in [0.2, 0.25) is 0 Å². The number of hydrogen-bond acceptors (Lipinski definition) is 5. The molecule has 0 bridgehead atoms. The van der Waals surface area contributed by atoms with E-state index in [2.05, 4.69) is 10.6 Å². The zero-order valence-corrected chi connectivity index (χ0v) is 22.1. The number of carboxylic acid groups (broad SMARTS) is 1. The third-order valence-corrected chi connectivity index (χ3v) is 7.32. The fraction of sp³-hybridized carbons (Fsp3) is 0.357. The molecule has 3 aromatic rings. The van der Waals surface area contributed by atoms with E-state index in [0.717, 1.165) is 16.3 Å². The Hall–Kier alpha value is -3.19. The van der Waals surface area contributed by atoms with Gasteiger partial charge in [0.2, 0.25) is 5.91 Å². The first-order valence-corrected chi connectivity index (χ1v) is 14.2. The number of rotatable bonds is 14. The van der Waals surface area contributed by atoms with Crippen molar-refractivity contribution in [2.45, 2.75) is 45.2 Å². The van der Waals surface area contributed by atoms with Gasteiger partial charge in [0.05, 0.1) is 12.2 Å². The van der Waals surface area contributed by atoms with E-state index >= 15 is 0 Å². The maximum atomic E-state index is 13.1. The minimum Gasteiger partial charge on any atom is -0.480 e. The third kappa shape index (κ3) is 9.01. The van der Waals surface area contributed by atoms with Crippen LogP contribution < -0.4 is 15.2 Å². The quantitative estimate of drug-likeness (QED) is 0.179. The second kappa shape index (κ2) is 13.4. The SMILES string of the molecule is CC(C)C[C@H](NCCCP(=O)(O)Oc1ccccc1)C(=O)N[C@@H](Cc1cccc2ccccc12)C(=O)O. The number of amides is 1. The summed E-state index contributed by atoms with van der Waals surface area (Å²) in [6, 6.07) is 20.2. The molecule has 3 rings (SSSR count). The van der Waals surface area contributed by atoms with Crippen LogP contribution in [0.4, 0.5) is 0 Å². The lowest BCUT2D eigenvalue weighted by molar-refractivity contribution is -0.142. The van der Waals surface area contributed by atoms with Crippen molar-refractivity contribution in [3.63, 3.8) is 0 Å². The Morgan fingerprint density at radius 1 is 0.946 bits per heavy atom. The molecule has 0 spiro atoms.